The van der Waals surface area contributed by atoms with Crippen molar-refractivity contribution in [2.75, 3.05) is 25.0 Å². The molecule has 2 aromatic rings. The molecule has 0 aliphatic heterocycles. The van der Waals surface area contributed by atoms with E-state index in [1.54, 1.807) is 17.0 Å². The fourth-order valence-electron chi connectivity index (χ4n) is 3.46. The second-order valence-electron chi connectivity index (χ2n) is 7.18. The lowest BCUT2D eigenvalue weighted by atomic mass is 10.1. The monoisotopic (exact) mass is 448 g/mol. The minimum Gasteiger partial charge on any atom is -0.365 e. The van der Waals surface area contributed by atoms with Crippen molar-refractivity contribution in [1.29, 1.82) is 0 Å². The third-order valence-corrected chi connectivity index (χ3v) is 6.46. The number of hydrogen-bond acceptors (Lipinski definition) is 5. The summed E-state index contributed by atoms with van der Waals surface area (Å²) in [6.45, 7) is 2.95. The number of nitrogens with one attached hydrogen (secondary N) is 2. The summed E-state index contributed by atoms with van der Waals surface area (Å²) in [6.07, 6.45) is 2.73. The molecule has 0 atom stereocenters. The van der Waals surface area contributed by atoms with Crippen molar-refractivity contribution in [3.8, 4) is 0 Å². The molecule has 1 aromatic carbocycles. The van der Waals surface area contributed by atoms with Gasteiger partial charge in [0.2, 0.25) is 11.8 Å². The van der Waals surface area contributed by atoms with Gasteiger partial charge in [-0.2, -0.15) is 0 Å². The van der Waals surface area contributed by atoms with Crippen molar-refractivity contribution in [3.05, 3.63) is 50.9 Å². The lowest BCUT2D eigenvalue weighted by molar-refractivity contribution is -0.123. The number of primary amides is 1. The van der Waals surface area contributed by atoms with Crippen LogP contribution in [0.1, 0.15) is 39.7 Å². The number of fused-ring (bicyclic) bond motifs is 1. The van der Waals surface area contributed by atoms with Crippen LogP contribution in [-0.2, 0) is 29.0 Å². The van der Waals surface area contributed by atoms with Crippen LogP contribution in [0, 0.1) is 0 Å². The molecule has 30 heavy (non-hydrogen) atoms. The van der Waals surface area contributed by atoms with Crippen LogP contribution in [0.3, 0.4) is 0 Å². The highest BCUT2D eigenvalue weighted by molar-refractivity contribution is 7.17. The molecule has 1 aliphatic carbocycles. The minimum atomic E-state index is -0.515. The average molecular weight is 449 g/mol. The Morgan fingerprint density at radius 3 is 2.50 bits per heavy atom. The van der Waals surface area contributed by atoms with Gasteiger partial charge in [-0.25, -0.2) is 0 Å². The van der Waals surface area contributed by atoms with E-state index in [2.05, 4.69) is 10.6 Å². The van der Waals surface area contributed by atoms with Crippen molar-refractivity contribution in [1.82, 2.24) is 10.2 Å². The van der Waals surface area contributed by atoms with Crippen LogP contribution in [0.15, 0.2) is 24.3 Å². The molecule has 0 spiro atoms. The van der Waals surface area contributed by atoms with E-state index in [0.29, 0.717) is 28.7 Å². The Bertz CT molecular complexity index is 942. The summed E-state index contributed by atoms with van der Waals surface area (Å²) in [7, 11) is 0. The first-order valence-electron chi connectivity index (χ1n) is 9.85. The topological polar surface area (TPSA) is 105 Å². The summed E-state index contributed by atoms with van der Waals surface area (Å²) in [5, 5.41) is 6.81. The van der Waals surface area contributed by atoms with E-state index >= 15 is 0 Å². The quantitative estimate of drug-likeness (QED) is 0.548. The Kier molecular flexibility index (Phi) is 7.47. The fourth-order valence-corrected chi connectivity index (χ4v) is 4.90. The van der Waals surface area contributed by atoms with Gasteiger partial charge in [0.05, 0.1) is 18.7 Å². The number of benzene rings is 1. The number of thiophene rings is 1. The summed E-state index contributed by atoms with van der Waals surface area (Å²) >= 11 is 7.28. The number of halogens is 1. The maximum absolute atomic E-state index is 12.5. The molecule has 9 heteroatoms. The molecule has 1 aliphatic rings. The van der Waals surface area contributed by atoms with Crippen LogP contribution in [0.2, 0.25) is 5.02 Å². The Labute approximate surface area is 184 Å². The molecule has 1 aromatic heterocycles. The standard InChI is InChI=1S/C21H25ClN4O3S/c1-2-26(11-17(27)24-10-13-6-8-14(22)9-7-13)12-18(28)25-21-19(20(23)29)15-4-3-5-16(15)30-21/h6-9H,2-5,10-12H2,1H3,(H2,23,29)(H,24,27)(H,25,28). The van der Waals surface area contributed by atoms with Gasteiger partial charge in [-0.15, -0.1) is 11.3 Å². The van der Waals surface area contributed by atoms with Crippen LogP contribution in [0.5, 0.6) is 0 Å². The molecule has 3 rings (SSSR count). The van der Waals surface area contributed by atoms with Gasteiger partial charge in [-0.1, -0.05) is 30.7 Å². The predicted molar refractivity (Wildman–Crippen MR) is 119 cm³/mol. The lowest BCUT2D eigenvalue weighted by Crippen LogP contribution is -2.40. The molecule has 4 N–H and O–H groups in total. The highest BCUT2D eigenvalue weighted by Crippen LogP contribution is 2.38. The van der Waals surface area contributed by atoms with Gasteiger partial charge < -0.3 is 16.4 Å². The van der Waals surface area contributed by atoms with Gasteiger partial charge >= 0.3 is 0 Å². The van der Waals surface area contributed by atoms with E-state index in [-0.39, 0.29) is 24.9 Å². The molecule has 0 unspecified atom stereocenters. The molecule has 7 nitrogen and oxygen atoms in total. The second kappa shape index (κ2) is 10.1. The third-order valence-electron chi connectivity index (χ3n) is 5.01. The van der Waals surface area contributed by atoms with Gasteiger partial charge in [0, 0.05) is 16.4 Å². The molecule has 0 bridgehead atoms. The van der Waals surface area contributed by atoms with Gasteiger partial charge in [0.1, 0.15) is 5.00 Å². The number of carbonyl (C=O) groups excluding carboxylic acids is 3. The smallest absolute Gasteiger partial charge is 0.251 e. The highest BCUT2D eigenvalue weighted by atomic mass is 35.5. The van der Waals surface area contributed by atoms with Crippen molar-refractivity contribution >= 4 is 45.7 Å². The van der Waals surface area contributed by atoms with E-state index < -0.39 is 5.91 Å². The Balaban J connectivity index is 1.53. The summed E-state index contributed by atoms with van der Waals surface area (Å²) in [5.74, 6) is -0.962. The summed E-state index contributed by atoms with van der Waals surface area (Å²) in [6, 6.07) is 7.24. The van der Waals surface area contributed by atoms with Crippen molar-refractivity contribution < 1.29 is 14.4 Å². The number of nitrogens with two attached hydrogens (primary N) is 1. The number of aryl methyl sites for hydroxylation is 1. The number of anilines is 1. The molecular formula is C21H25ClN4O3S. The first kappa shape index (κ1) is 22.3. The highest BCUT2D eigenvalue weighted by Gasteiger charge is 2.26. The van der Waals surface area contributed by atoms with Gasteiger partial charge in [-0.05, 0) is 49.1 Å². The first-order valence-corrected chi connectivity index (χ1v) is 11.0. The molecule has 160 valence electrons. The zero-order chi connectivity index (χ0) is 21.7. The first-order chi connectivity index (χ1) is 14.4. The molecule has 0 radical (unpaired) electrons. The van der Waals surface area contributed by atoms with Crippen LogP contribution in [-0.4, -0.2) is 42.3 Å². The van der Waals surface area contributed by atoms with Crippen molar-refractivity contribution in [2.45, 2.75) is 32.7 Å². The minimum absolute atomic E-state index is 0.0473. The Hall–Kier alpha value is -2.42. The molecule has 0 fully saturated rings. The van der Waals surface area contributed by atoms with Crippen LogP contribution < -0.4 is 16.4 Å². The number of amides is 3. The summed E-state index contributed by atoms with van der Waals surface area (Å²) in [5.41, 5.74) is 7.88. The van der Waals surface area contributed by atoms with Gasteiger partial charge in [-0.3, -0.25) is 19.3 Å². The number of nitrogens with zero attached hydrogens (tertiary/aromatic N) is 1. The largest absolute Gasteiger partial charge is 0.365 e. The third kappa shape index (κ3) is 5.59. The van der Waals surface area contributed by atoms with Crippen LogP contribution in [0.4, 0.5) is 5.00 Å². The zero-order valence-corrected chi connectivity index (χ0v) is 18.4. The predicted octanol–water partition coefficient (Wildman–Crippen LogP) is 2.57. The van der Waals surface area contributed by atoms with Gasteiger partial charge in [0.15, 0.2) is 0 Å². The van der Waals surface area contributed by atoms with Gasteiger partial charge in [0.25, 0.3) is 5.91 Å². The maximum atomic E-state index is 12.5. The Morgan fingerprint density at radius 2 is 1.83 bits per heavy atom. The maximum Gasteiger partial charge on any atom is 0.251 e. The molecule has 0 saturated heterocycles. The summed E-state index contributed by atoms with van der Waals surface area (Å²) < 4.78 is 0. The van der Waals surface area contributed by atoms with Crippen molar-refractivity contribution in [3.63, 3.8) is 0 Å². The molecule has 0 saturated carbocycles. The SMILES string of the molecule is CCN(CC(=O)NCc1ccc(Cl)cc1)CC(=O)Nc1sc2c(c1C(N)=O)CCC2. The number of carbonyl (C=O) groups is 3. The molecule has 3 amide bonds. The fraction of sp³-hybridized carbons (Fsp3) is 0.381. The van der Waals surface area contributed by atoms with E-state index in [1.165, 1.54) is 11.3 Å². The van der Waals surface area contributed by atoms with E-state index in [0.717, 1.165) is 35.3 Å². The summed E-state index contributed by atoms with van der Waals surface area (Å²) in [4.78, 5) is 39.5. The average Bonchev–Trinajstić information content (AvgIpc) is 3.27. The molecule has 1 heterocycles. The Morgan fingerprint density at radius 1 is 1.13 bits per heavy atom. The zero-order valence-electron chi connectivity index (χ0n) is 16.8. The number of hydrogen-bond donors (Lipinski definition) is 3. The number of rotatable bonds is 9. The normalized spacial score (nSPS) is 12.6. The van der Waals surface area contributed by atoms with Crippen LogP contribution >= 0.6 is 22.9 Å². The van der Waals surface area contributed by atoms with Crippen LogP contribution in [0.25, 0.3) is 0 Å². The van der Waals surface area contributed by atoms with E-state index in [9.17, 15) is 14.4 Å². The van der Waals surface area contributed by atoms with E-state index in [4.69, 9.17) is 17.3 Å². The van der Waals surface area contributed by atoms with E-state index in [1.807, 2.05) is 19.1 Å². The second-order valence-corrected chi connectivity index (χ2v) is 8.72. The lowest BCUT2D eigenvalue weighted by Gasteiger charge is -2.19. The number of likely N-dealkylation sites (N-methyl/N-ethyl adjacent to an activating group) is 1. The van der Waals surface area contributed by atoms with Crippen molar-refractivity contribution in [2.24, 2.45) is 5.73 Å². The molecular weight excluding hydrogens is 424 g/mol.